The Morgan fingerprint density at radius 1 is 1.22 bits per heavy atom. The molecule has 0 atom stereocenters. The molecule has 0 heterocycles. The van der Waals surface area contributed by atoms with Crippen LogP contribution in [0.1, 0.15) is 56.2 Å². The monoisotopic (exact) mass is 245 g/mol. The van der Waals surface area contributed by atoms with Gasteiger partial charge in [-0.25, -0.2) is 4.79 Å². The van der Waals surface area contributed by atoms with Crippen molar-refractivity contribution in [2.75, 3.05) is 5.32 Å². The number of nitrogens with two attached hydrogens (primary N) is 1. The number of amides is 2. The molecule has 96 valence electrons. The molecule has 4 nitrogen and oxygen atoms in total. The van der Waals surface area contributed by atoms with Crippen molar-refractivity contribution in [1.82, 2.24) is 0 Å². The third kappa shape index (κ3) is 3.01. The van der Waals surface area contributed by atoms with Gasteiger partial charge in [0.1, 0.15) is 0 Å². The molecule has 2 amide bonds. The smallest absolute Gasteiger partial charge is 0.316 e. The molecule has 0 radical (unpaired) electrons. The van der Waals surface area contributed by atoms with E-state index in [0.717, 1.165) is 16.8 Å². The first-order valence-electron chi connectivity index (χ1n) is 6.01. The Balaban J connectivity index is 3.51. The van der Waals surface area contributed by atoms with Crippen LogP contribution in [0.25, 0.3) is 0 Å². The van der Waals surface area contributed by atoms with Gasteiger partial charge in [-0.05, 0) is 35.1 Å². The van der Waals surface area contributed by atoms with Crippen LogP contribution in [0, 0.1) is 11.3 Å². The molecular weight excluding hydrogens is 226 g/mol. The van der Waals surface area contributed by atoms with E-state index < -0.39 is 6.03 Å². The van der Waals surface area contributed by atoms with Gasteiger partial charge in [0.25, 0.3) is 0 Å². The van der Waals surface area contributed by atoms with Crippen molar-refractivity contribution < 1.29 is 4.79 Å². The summed E-state index contributed by atoms with van der Waals surface area (Å²) in [5.41, 5.74) is 8.45. The summed E-state index contributed by atoms with van der Waals surface area (Å²) in [6, 6.07) is 5.19. The van der Waals surface area contributed by atoms with Gasteiger partial charge >= 0.3 is 6.03 Å². The number of primary amides is 1. The maximum atomic E-state index is 11.1. The van der Waals surface area contributed by atoms with E-state index in [1.807, 2.05) is 39.8 Å². The number of hydrogen-bond acceptors (Lipinski definition) is 2. The van der Waals surface area contributed by atoms with E-state index in [2.05, 4.69) is 11.4 Å². The van der Waals surface area contributed by atoms with Gasteiger partial charge < -0.3 is 11.1 Å². The van der Waals surface area contributed by atoms with Crippen LogP contribution in [0.2, 0.25) is 0 Å². The number of nitrogens with zero attached hydrogens (tertiary/aromatic N) is 1. The fourth-order valence-electron chi connectivity index (χ4n) is 1.93. The topological polar surface area (TPSA) is 78.9 Å². The zero-order valence-electron chi connectivity index (χ0n) is 11.2. The molecule has 4 heteroatoms. The number of anilines is 1. The zero-order valence-corrected chi connectivity index (χ0v) is 11.2. The highest BCUT2D eigenvalue weighted by Gasteiger charge is 2.16. The van der Waals surface area contributed by atoms with Gasteiger partial charge in [-0.2, -0.15) is 5.26 Å². The highest BCUT2D eigenvalue weighted by Crippen LogP contribution is 2.33. The average Bonchev–Trinajstić information content (AvgIpc) is 2.27. The molecule has 0 saturated carbocycles. The third-order valence-corrected chi connectivity index (χ3v) is 2.82. The number of carbonyl (C=O) groups is 1. The van der Waals surface area contributed by atoms with Gasteiger partial charge in [-0.3, -0.25) is 0 Å². The summed E-state index contributed by atoms with van der Waals surface area (Å²) < 4.78 is 0. The van der Waals surface area contributed by atoms with E-state index in [9.17, 15) is 4.79 Å². The fourth-order valence-corrected chi connectivity index (χ4v) is 1.93. The van der Waals surface area contributed by atoms with Crippen LogP contribution in [0.5, 0.6) is 0 Å². The second-order valence-electron chi connectivity index (χ2n) is 4.94. The molecule has 1 aromatic carbocycles. The SMILES string of the molecule is CC(C)c1cc(C#N)cc(C(C)C)c1NC(N)=O. The van der Waals surface area contributed by atoms with E-state index in [1.165, 1.54) is 0 Å². The zero-order chi connectivity index (χ0) is 13.9. The van der Waals surface area contributed by atoms with Gasteiger partial charge in [-0.15, -0.1) is 0 Å². The molecule has 0 aromatic heterocycles. The lowest BCUT2D eigenvalue weighted by molar-refractivity contribution is 0.259. The molecular formula is C14H19N3O. The molecule has 0 fully saturated rings. The van der Waals surface area contributed by atoms with Crippen LogP contribution in [-0.2, 0) is 0 Å². The van der Waals surface area contributed by atoms with Crippen LogP contribution in [0.3, 0.4) is 0 Å². The number of rotatable bonds is 3. The number of carbonyl (C=O) groups excluding carboxylic acids is 1. The van der Waals surface area contributed by atoms with Gasteiger partial charge in [-0.1, -0.05) is 27.7 Å². The molecule has 0 unspecified atom stereocenters. The molecule has 3 N–H and O–H groups in total. The fraction of sp³-hybridized carbons (Fsp3) is 0.429. The van der Waals surface area contributed by atoms with E-state index in [1.54, 1.807) is 0 Å². The van der Waals surface area contributed by atoms with E-state index in [-0.39, 0.29) is 11.8 Å². The van der Waals surface area contributed by atoms with Crippen molar-refractivity contribution in [3.63, 3.8) is 0 Å². The van der Waals surface area contributed by atoms with Crippen molar-refractivity contribution in [2.45, 2.75) is 39.5 Å². The van der Waals surface area contributed by atoms with Crippen molar-refractivity contribution >= 4 is 11.7 Å². The van der Waals surface area contributed by atoms with Crippen molar-refractivity contribution in [2.24, 2.45) is 5.73 Å². The van der Waals surface area contributed by atoms with Crippen LogP contribution in [0.4, 0.5) is 10.5 Å². The third-order valence-electron chi connectivity index (χ3n) is 2.82. The number of nitriles is 1. The molecule has 0 spiro atoms. The van der Waals surface area contributed by atoms with Crippen LogP contribution in [0.15, 0.2) is 12.1 Å². The molecule has 0 aliphatic heterocycles. The molecule has 18 heavy (non-hydrogen) atoms. The highest BCUT2D eigenvalue weighted by atomic mass is 16.2. The largest absolute Gasteiger partial charge is 0.351 e. The maximum absolute atomic E-state index is 11.1. The quantitative estimate of drug-likeness (QED) is 0.856. The standard InChI is InChI=1S/C14H19N3O/c1-8(2)11-5-10(7-15)6-12(9(3)4)13(11)17-14(16)18/h5-6,8-9H,1-4H3,(H3,16,17,18). The Hall–Kier alpha value is -2.02. The summed E-state index contributed by atoms with van der Waals surface area (Å²) >= 11 is 0. The van der Waals surface area contributed by atoms with E-state index in [0.29, 0.717) is 5.56 Å². The number of benzene rings is 1. The predicted octanol–water partition coefficient (Wildman–Crippen LogP) is 3.30. The molecule has 0 bridgehead atoms. The summed E-state index contributed by atoms with van der Waals surface area (Å²) in [6.45, 7) is 8.08. The molecule has 1 rings (SSSR count). The first-order chi connectivity index (χ1) is 8.36. The lowest BCUT2D eigenvalue weighted by atomic mass is 9.90. The maximum Gasteiger partial charge on any atom is 0.316 e. The van der Waals surface area contributed by atoms with Crippen LogP contribution < -0.4 is 11.1 Å². The minimum atomic E-state index is -0.580. The second-order valence-corrected chi connectivity index (χ2v) is 4.94. The summed E-state index contributed by atoms with van der Waals surface area (Å²) in [7, 11) is 0. The van der Waals surface area contributed by atoms with Crippen LogP contribution >= 0.6 is 0 Å². The van der Waals surface area contributed by atoms with Gasteiger partial charge in [0.2, 0.25) is 0 Å². The molecule has 1 aromatic rings. The van der Waals surface area contributed by atoms with Crippen molar-refractivity contribution in [1.29, 1.82) is 5.26 Å². The Kier molecular flexibility index (Phi) is 4.33. The van der Waals surface area contributed by atoms with Crippen LogP contribution in [-0.4, -0.2) is 6.03 Å². The van der Waals surface area contributed by atoms with Gasteiger partial charge in [0.05, 0.1) is 11.6 Å². The molecule has 0 aliphatic rings. The summed E-state index contributed by atoms with van der Waals surface area (Å²) in [4.78, 5) is 11.1. The Morgan fingerprint density at radius 2 is 1.67 bits per heavy atom. The minimum Gasteiger partial charge on any atom is -0.351 e. The first kappa shape index (κ1) is 14.0. The lowest BCUT2D eigenvalue weighted by Crippen LogP contribution is -2.22. The Morgan fingerprint density at radius 3 is 1.94 bits per heavy atom. The summed E-state index contributed by atoms with van der Waals surface area (Å²) in [6.07, 6.45) is 0. The summed E-state index contributed by atoms with van der Waals surface area (Å²) in [5.74, 6) is 0.412. The second kappa shape index (κ2) is 5.54. The molecule has 0 aliphatic carbocycles. The Labute approximate surface area is 108 Å². The van der Waals surface area contributed by atoms with Gasteiger partial charge in [0.15, 0.2) is 0 Å². The average molecular weight is 245 g/mol. The number of hydrogen-bond donors (Lipinski definition) is 2. The number of nitrogens with one attached hydrogen (secondary N) is 1. The summed E-state index contributed by atoms with van der Waals surface area (Å²) in [5, 5.41) is 11.7. The minimum absolute atomic E-state index is 0.206. The van der Waals surface area contributed by atoms with E-state index >= 15 is 0 Å². The first-order valence-corrected chi connectivity index (χ1v) is 6.01. The van der Waals surface area contributed by atoms with Gasteiger partial charge in [0, 0.05) is 5.69 Å². The molecule has 0 saturated heterocycles. The normalized spacial score (nSPS) is 10.5. The van der Waals surface area contributed by atoms with Crippen molar-refractivity contribution in [3.8, 4) is 6.07 Å². The van der Waals surface area contributed by atoms with E-state index in [4.69, 9.17) is 11.0 Å². The predicted molar refractivity (Wildman–Crippen MR) is 72.5 cm³/mol. The highest BCUT2D eigenvalue weighted by molar-refractivity contribution is 5.90. The Bertz CT molecular complexity index is 469. The number of urea groups is 1. The van der Waals surface area contributed by atoms with Crippen molar-refractivity contribution in [3.05, 3.63) is 28.8 Å². The lowest BCUT2D eigenvalue weighted by Gasteiger charge is -2.20.